The molecule has 6 nitrogen and oxygen atoms in total. The molecule has 0 fully saturated rings. The van der Waals surface area contributed by atoms with Crippen molar-refractivity contribution in [1.29, 1.82) is 0 Å². The van der Waals surface area contributed by atoms with E-state index in [0.29, 0.717) is 6.54 Å². The van der Waals surface area contributed by atoms with Gasteiger partial charge in [0.25, 0.3) is 0 Å². The van der Waals surface area contributed by atoms with Crippen LogP contribution in [-0.4, -0.2) is 41.3 Å². The molecule has 2 amide bonds. The van der Waals surface area contributed by atoms with Crippen molar-refractivity contribution in [2.45, 2.75) is 27.3 Å². The number of carbonyl (C=O) groups is 2. The van der Waals surface area contributed by atoms with Gasteiger partial charge >= 0.3 is 0 Å². The highest BCUT2D eigenvalue weighted by molar-refractivity contribution is 5.94. The maximum absolute atomic E-state index is 12.3. The Labute approximate surface area is 154 Å². The molecule has 0 spiro atoms. The molecule has 1 aromatic heterocycles. The molecule has 0 saturated carbocycles. The van der Waals surface area contributed by atoms with Gasteiger partial charge in [-0.25, -0.2) is 0 Å². The number of hydrogen-bond donors (Lipinski definition) is 1. The molecule has 0 radical (unpaired) electrons. The number of pyridine rings is 1. The first-order chi connectivity index (χ1) is 12.5. The third kappa shape index (κ3) is 5.58. The van der Waals surface area contributed by atoms with Gasteiger partial charge in [0.05, 0.1) is 0 Å². The van der Waals surface area contributed by atoms with Crippen molar-refractivity contribution in [3.8, 4) is 0 Å². The summed E-state index contributed by atoms with van der Waals surface area (Å²) in [4.78, 5) is 31.9. The number of rotatable bonds is 8. The first-order valence-corrected chi connectivity index (χ1v) is 8.82. The lowest BCUT2D eigenvalue weighted by molar-refractivity contribution is -0.133. The van der Waals surface area contributed by atoms with E-state index < -0.39 is 0 Å². The quantitative estimate of drug-likeness (QED) is 0.792. The summed E-state index contributed by atoms with van der Waals surface area (Å²) in [6.45, 7) is 7.95. The third-order valence-corrected chi connectivity index (χ3v) is 4.18. The maximum Gasteiger partial charge on any atom is 0.244 e. The largest absolute Gasteiger partial charge is 0.372 e. The van der Waals surface area contributed by atoms with Crippen LogP contribution in [0.1, 0.15) is 26.3 Å². The fraction of sp³-hybridized carbons (Fsp3) is 0.350. The number of amides is 2. The Morgan fingerprint density at radius 1 is 1.00 bits per heavy atom. The minimum Gasteiger partial charge on any atom is -0.372 e. The van der Waals surface area contributed by atoms with Gasteiger partial charge in [-0.3, -0.25) is 14.6 Å². The Balaban J connectivity index is 1.96. The normalized spacial score (nSPS) is 10.3. The maximum atomic E-state index is 12.3. The van der Waals surface area contributed by atoms with E-state index in [1.807, 2.05) is 36.4 Å². The van der Waals surface area contributed by atoms with Crippen LogP contribution in [0.5, 0.6) is 0 Å². The number of hydrogen-bond acceptors (Lipinski definition) is 4. The molecule has 1 heterocycles. The molecule has 1 aromatic carbocycles. The minimum absolute atomic E-state index is 0.00938. The Kier molecular flexibility index (Phi) is 7.14. The summed E-state index contributed by atoms with van der Waals surface area (Å²) >= 11 is 0. The SMILES string of the molecule is CCN(CC)c1ccc(NC(=O)CN(Cc2ccncc2)C(C)=O)cc1. The van der Waals surface area contributed by atoms with E-state index in [2.05, 4.69) is 29.0 Å². The van der Waals surface area contributed by atoms with Crippen molar-refractivity contribution >= 4 is 23.2 Å². The van der Waals surface area contributed by atoms with Gasteiger partial charge in [0.1, 0.15) is 6.54 Å². The zero-order valence-electron chi connectivity index (χ0n) is 15.6. The van der Waals surface area contributed by atoms with Crippen molar-refractivity contribution in [2.24, 2.45) is 0 Å². The van der Waals surface area contributed by atoms with E-state index in [4.69, 9.17) is 0 Å². The third-order valence-electron chi connectivity index (χ3n) is 4.18. The molecule has 0 bridgehead atoms. The molecule has 26 heavy (non-hydrogen) atoms. The number of carbonyl (C=O) groups excluding carboxylic acids is 2. The Morgan fingerprint density at radius 2 is 1.62 bits per heavy atom. The summed E-state index contributed by atoms with van der Waals surface area (Å²) in [6.07, 6.45) is 3.34. The minimum atomic E-state index is -0.218. The predicted octanol–water partition coefficient (Wildman–Crippen LogP) is 2.92. The van der Waals surface area contributed by atoms with Crippen molar-refractivity contribution in [3.63, 3.8) is 0 Å². The molecule has 1 N–H and O–H groups in total. The topological polar surface area (TPSA) is 65.5 Å². The van der Waals surface area contributed by atoms with Crippen LogP contribution in [0.2, 0.25) is 0 Å². The van der Waals surface area contributed by atoms with Crippen LogP contribution in [0.4, 0.5) is 11.4 Å². The Hall–Kier alpha value is -2.89. The smallest absolute Gasteiger partial charge is 0.244 e. The second kappa shape index (κ2) is 9.56. The predicted molar refractivity (Wildman–Crippen MR) is 104 cm³/mol. The van der Waals surface area contributed by atoms with E-state index in [1.54, 1.807) is 12.4 Å². The summed E-state index contributed by atoms with van der Waals surface area (Å²) in [6, 6.07) is 11.4. The van der Waals surface area contributed by atoms with Crippen molar-refractivity contribution in [3.05, 3.63) is 54.4 Å². The number of anilines is 2. The van der Waals surface area contributed by atoms with Gasteiger partial charge in [-0.1, -0.05) is 0 Å². The van der Waals surface area contributed by atoms with Crippen LogP contribution < -0.4 is 10.2 Å². The Morgan fingerprint density at radius 3 is 2.15 bits per heavy atom. The highest BCUT2D eigenvalue weighted by Gasteiger charge is 2.14. The standard InChI is InChI=1S/C20H26N4O2/c1-4-23(5-2)19-8-6-18(7-9-19)22-20(26)15-24(16(3)25)14-17-10-12-21-13-11-17/h6-13H,4-5,14-15H2,1-3H3,(H,22,26). The van der Waals surface area contributed by atoms with Gasteiger partial charge < -0.3 is 15.1 Å². The Bertz CT molecular complexity index is 712. The van der Waals surface area contributed by atoms with Crippen molar-refractivity contribution < 1.29 is 9.59 Å². The molecule has 0 aliphatic carbocycles. The molecule has 0 saturated heterocycles. The molecule has 2 aromatic rings. The summed E-state index contributed by atoms with van der Waals surface area (Å²) in [7, 11) is 0. The van der Waals surface area contributed by atoms with E-state index in [0.717, 1.165) is 30.0 Å². The van der Waals surface area contributed by atoms with Gasteiger partial charge in [0, 0.05) is 50.3 Å². The first-order valence-electron chi connectivity index (χ1n) is 8.82. The number of aromatic nitrogens is 1. The van der Waals surface area contributed by atoms with Crippen LogP contribution in [0, 0.1) is 0 Å². The van der Waals surface area contributed by atoms with E-state index in [-0.39, 0.29) is 18.4 Å². The van der Waals surface area contributed by atoms with E-state index in [1.165, 1.54) is 11.8 Å². The fourth-order valence-electron chi connectivity index (χ4n) is 2.71. The monoisotopic (exact) mass is 354 g/mol. The highest BCUT2D eigenvalue weighted by atomic mass is 16.2. The summed E-state index contributed by atoms with van der Waals surface area (Å²) in [5.74, 6) is -0.362. The second-order valence-electron chi connectivity index (χ2n) is 6.00. The molecule has 0 aliphatic rings. The number of benzene rings is 1. The van der Waals surface area contributed by atoms with Crippen LogP contribution in [0.25, 0.3) is 0 Å². The van der Waals surface area contributed by atoms with Crippen LogP contribution in [0.15, 0.2) is 48.8 Å². The molecule has 0 aliphatic heterocycles. The fourth-order valence-corrected chi connectivity index (χ4v) is 2.71. The molecule has 138 valence electrons. The van der Waals surface area contributed by atoms with Gasteiger partial charge in [0.15, 0.2) is 0 Å². The highest BCUT2D eigenvalue weighted by Crippen LogP contribution is 2.17. The summed E-state index contributed by atoms with van der Waals surface area (Å²) in [5.41, 5.74) is 2.78. The van der Waals surface area contributed by atoms with Gasteiger partial charge in [-0.2, -0.15) is 0 Å². The first kappa shape index (κ1) is 19.4. The lowest BCUT2D eigenvalue weighted by Crippen LogP contribution is -2.36. The molecule has 6 heteroatoms. The lowest BCUT2D eigenvalue weighted by Gasteiger charge is -2.22. The van der Waals surface area contributed by atoms with Crippen LogP contribution >= 0.6 is 0 Å². The van der Waals surface area contributed by atoms with Gasteiger partial charge in [-0.05, 0) is 55.8 Å². The molecule has 0 unspecified atom stereocenters. The number of nitrogens with zero attached hydrogens (tertiary/aromatic N) is 3. The molecular formula is C20H26N4O2. The zero-order valence-corrected chi connectivity index (χ0v) is 15.6. The molecule has 2 rings (SSSR count). The average molecular weight is 354 g/mol. The van der Waals surface area contributed by atoms with E-state index in [9.17, 15) is 9.59 Å². The van der Waals surface area contributed by atoms with Crippen molar-refractivity contribution in [1.82, 2.24) is 9.88 Å². The van der Waals surface area contributed by atoms with E-state index >= 15 is 0 Å². The second-order valence-corrected chi connectivity index (χ2v) is 6.00. The zero-order chi connectivity index (χ0) is 18.9. The molecular weight excluding hydrogens is 328 g/mol. The average Bonchev–Trinajstić information content (AvgIpc) is 2.64. The summed E-state index contributed by atoms with van der Waals surface area (Å²) in [5, 5.41) is 2.85. The van der Waals surface area contributed by atoms with Crippen LogP contribution in [-0.2, 0) is 16.1 Å². The van der Waals surface area contributed by atoms with Gasteiger partial charge in [-0.15, -0.1) is 0 Å². The van der Waals surface area contributed by atoms with Crippen molar-refractivity contribution in [2.75, 3.05) is 29.9 Å². The van der Waals surface area contributed by atoms with Gasteiger partial charge in [0.2, 0.25) is 11.8 Å². The number of nitrogens with one attached hydrogen (secondary N) is 1. The molecule has 0 atom stereocenters. The lowest BCUT2D eigenvalue weighted by atomic mass is 10.2. The van der Waals surface area contributed by atoms with Crippen LogP contribution in [0.3, 0.4) is 0 Å². The summed E-state index contributed by atoms with van der Waals surface area (Å²) < 4.78 is 0.